The predicted molar refractivity (Wildman–Crippen MR) is 76.9 cm³/mol. The standard InChI is InChI=1S/C13H18N4O2S/c1-2-20(18,19)17-7-3-4-11(9-17)12-6-5-10-8-14-16-13(10)15-12/h5-6,8,11H,2-4,7,9H2,1H3,(H,14,15,16)/t11-/m0/s1. The maximum atomic E-state index is 12.0. The smallest absolute Gasteiger partial charge is 0.213 e. The Hall–Kier alpha value is -1.47. The molecule has 1 aliphatic heterocycles. The minimum absolute atomic E-state index is 0.159. The van der Waals surface area contributed by atoms with Crippen molar-refractivity contribution in [2.45, 2.75) is 25.7 Å². The lowest BCUT2D eigenvalue weighted by Gasteiger charge is -2.31. The van der Waals surface area contributed by atoms with Crippen LogP contribution in [0.5, 0.6) is 0 Å². The summed E-state index contributed by atoms with van der Waals surface area (Å²) in [6.45, 7) is 2.84. The van der Waals surface area contributed by atoms with Crippen LogP contribution in [-0.4, -0.2) is 46.7 Å². The molecule has 2 aromatic heterocycles. The van der Waals surface area contributed by atoms with Gasteiger partial charge in [-0.25, -0.2) is 17.7 Å². The van der Waals surface area contributed by atoms with Crippen molar-refractivity contribution in [1.82, 2.24) is 19.5 Å². The highest BCUT2D eigenvalue weighted by atomic mass is 32.2. The Morgan fingerprint density at radius 1 is 1.45 bits per heavy atom. The van der Waals surface area contributed by atoms with Gasteiger partial charge in [-0.15, -0.1) is 0 Å². The number of piperidine rings is 1. The number of fused-ring (bicyclic) bond motifs is 1. The van der Waals surface area contributed by atoms with E-state index in [9.17, 15) is 8.42 Å². The summed E-state index contributed by atoms with van der Waals surface area (Å²) < 4.78 is 25.6. The Kier molecular flexibility index (Phi) is 3.47. The lowest BCUT2D eigenvalue weighted by atomic mass is 9.95. The zero-order valence-corrected chi connectivity index (χ0v) is 12.2. The molecular weight excluding hydrogens is 276 g/mol. The maximum absolute atomic E-state index is 12.0. The van der Waals surface area contributed by atoms with E-state index < -0.39 is 10.0 Å². The molecule has 0 amide bonds. The van der Waals surface area contributed by atoms with Gasteiger partial charge in [0, 0.05) is 30.1 Å². The molecule has 0 saturated carbocycles. The minimum Gasteiger partial charge on any atom is -0.261 e. The number of sulfonamides is 1. The number of hydrogen-bond acceptors (Lipinski definition) is 4. The van der Waals surface area contributed by atoms with Gasteiger partial charge < -0.3 is 0 Å². The van der Waals surface area contributed by atoms with Crippen LogP contribution in [0.1, 0.15) is 31.4 Å². The van der Waals surface area contributed by atoms with E-state index in [0.29, 0.717) is 13.1 Å². The molecule has 0 aromatic carbocycles. The number of rotatable bonds is 3. The zero-order chi connectivity index (χ0) is 14.2. The summed E-state index contributed by atoms with van der Waals surface area (Å²) in [6, 6.07) is 3.96. The summed E-state index contributed by atoms with van der Waals surface area (Å²) in [6.07, 6.45) is 3.59. The molecule has 0 spiro atoms. The molecule has 1 atom stereocenters. The molecule has 0 aliphatic carbocycles. The van der Waals surface area contributed by atoms with Crippen LogP contribution in [0.4, 0.5) is 0 Å². The third-order valence-electron chi connectivity index (χ3n) is 3.88. The second kappa shape index (κ2) is 5.14. The lowest BCUT2D eigenvalue weighted by Crippen LogP contribution is -2.40. The molecule has 1 aliphatic rings. The number of hydrogen-bond donors (Lipinski definition) is 1. The Morgan fingerprint density at radius 3 is 3.10 bits per heavy atom. The van der Waals surface area contributed by atoms with Crippen LogP contribution in [0.2, 0.25) is 0 Å². The Labute approximate surface area is 118 Å². The molecule has 3 heterocycles. The summed E-state index contributed by atoms with van der Waals surface area (Å²) in [4.78, 5) is 4.56. The first-order valence-electron chi connectivity index (χ1n) is 6.88. The highest BCUT2D eigenvalue weighted by Crippen LogP contribution is 2.28. The molecule has 6 nitrogen and oxygen atoms in total. The van der Waals surface area contributed by atoms with Gasteiger partial charge in [0.2, 0.25) is 10.0 Å². The van der Waals surface area contributed by atoms with Crippen molar-refractivity contribution in [3.8, 4) is 0 Å². The van der Waals surface area contributed by atoms with Crippen LogP contribution >= 0.6 is 0 Å². The largest absolute Gasteiger partial charge is 0.261 e. The first-order valence-corrected chi connectivity index (χ1v) is 8.49. The van der Waals surface area contributed by atoms with Gasteiger partial charge in [-0.3, -0.25) is 5.10 Å². The van der Waals surface area contributed by atoms with Gasteiger partial charge in [-0.1, -0.05) is 0 Å². The second-order valence-electron chi connectivity index (χ2n) is 5.14. The van der Waals surface area contributed by atoms with Gasteiger partial charge >= 0.3 is 0 Å². The van der Waals surface area contributed by atoms with Gasteiger partial charge in [0.15, 0.2) is 5.65 Å². The molecule has 1 N–H and O–H groups in total. The Morgan fingerprint density at radius 2 is 2.30 bits per heavy atom. The molecule has 7 heteroatoms. The lowest BCUT2D eigenvalue weighted by molar-refractivity contribution is 0.313. The monoisotopic (exact) mass is 294 g/mol. The van der Waals surface area contributed by atoms with E-state index in [4.69, 9.17) is 0 Å². The molecule has 108 valence electrons. The molecule has 1 saturated heterocycles. The minimum atomic E-state index is -3.11. The van der Waals surface area contributed by atoms with Crippen LogP contribution in [0.25, 0.3) is 11.0 Å². The molecule has 0 bridgehead atoms. The zero-order valence-electron chi connectivity index (χ0n) is 11.4. The van der Waals surface area contributed by atoms with Gasteiger partial charge in [0.25, 0.3) is 0 Å². The van der Waals surface area contributed by atoms with E-state index in [1.54, 1.807) is 17.4 Å². The summed E-state index contributed by atoms with van der Waals surface area (Å²) in [7, 11) is -3.11. The normalized spacial score (nSPS) is 21.4. The quantitative estimate of drug-likeness (QED) is 0.930. The average molecular weight is 294 g/mol. The maximum Gasteiger partial charge on any atom is 0.213 e. The van der Waals surface area contributed by atoms with Crippen molar-refractivity contribution in [2.24, 2.45) is 0 Å². The predicted octanol–water partition coefficient (Wildman–Crippen LogP) is 1.49. The molecule has 3 rings (SSSR count). The second-order valence-corrected chi connectivity index (χ2v) is 7.40. The Bertz CT molecular complexity index is 710. The molecule has 1 fully saturated rings. The SMILES string of the molecule is CCS(=O)(=O)N1CCC[C@H](c2ccc3cn[nH]c3n2)C1. The van der Waals surface area contributed by atoms with Gasteiger partial charge in [0.05, 0.1) is 11.9 Å². The number of pyridine rings is 1. The number of aromatic amines is 1. The summed E-state index contributed by atoms with van der Waals surface area (Å²) >= 11 is 0. The Balaban J connectivity index is 1.86. The van der Waals surface area contributed by atoms with Crippen molar-refractivity contribution < 1.29 is 8.42 Å². The fourth-order valence-electron chi connectivity index (χ4n) is 2.69. The molecular formula is C13H18N4O2S. The topological polar surface area (TPSA) is 79.0 Å². The average Bonchev–Trinajstić information content (AvgIpc) is 2.94. The first kappa shape index (κ1) is 13.5. The first-order chi connectivity index (χ1) is 9.60. The fourth-order valence-corrected chi connectivity index (χ4v) is 3.87. The highest BCUT2D eigenvalue weighted by Gasteiger charge is 2.29. The van der Waals surface area contributed by atoms with E-state index in [1.165, 1.54) is 0 Å². The molecule has 20 heavy (non-hydrogen) atoms. The summed E-state index contributed by atoms with van der Waals surface area (Å²) in [5, 5.41) is 7.79. The summed E-state index contributed by atoms with van der Waals surface area (Å²) in [5.41, 5.74) is 1.70. The van der Waals surface area contributed by atoms with Gasteiger partial charge in [0.1, 0.15) is 0 Å². The van der Waals surface area contributed by atoms with Crippen molar-refractivity contribution in [2.75, 3.05) is 18.8 Å². The van der Waals surface area contributed by atoms with Crippen molar-refractivity contribution in [3.63, 3.8) is 0 Å². The van der Waals surface area contributed by atoms with Gasteiger partial charge in [-0.05, 0) is 31.9 Å². The van der Waals surface area contributed by atoms with Crippen LogP contribution in [0, 0.1) is 0 Å². The van der Waals surface area contributed by atoms with Crippen LogP contribution in [0.15, 0.2) is 18.3 Å². The number of nitrogens with zero attached hydrogens (tertiary/aromatic N) is 3. The van der Waals surface area contributed by atoms with Crippen LogP contribution in [0.3, 0.4) is 0 Å². The highest BCUT2D eigenvalue weighted by molar-refractivity contribution is 7.89. The number of nitrogens with one attached hydrogen (secondary N) is 1. The van der Waals surface area contributed by atoms with Crippen molar-refractivity contribution in [1.29, 1.82) is 0 Å². The van der Waals surface area contributed by atoms with E-state index >= 15 is 0 Å². The fraction of sp³-hybridized carbons (Fsp3) is 0.538. The van der Waals surface area contributed by atoms with Crippen LogP contribution < -0.4 is 0 Å². The number of aromatic nitrogens is 3. The third kappa shape index (κ3) is 2.43. The van der Waals surface area contributed by atoms with Gasteiger partial charge in [-0.2, -0.15) is 5.10 Å². The van der Waals surface area contributed by atoms with Crippen molar-refractivity contribution in [3.05, 3.63) is 24.0 Å². The number of H-pyrrole nitrogens is 1. The van der Waals surface area contributed by atoms with E-state index in [2.05, 4.69) is 15.2 Å². The molecule has 0 unspecified atom stereocenters. The molecule has 0 radical (unpaired) electrons. The van der Waals surface area contributed by atoms with E-state index in [1.807, 2.05) is 12.1 Å². The molecule has 2 aromatic rings. The summed E-state index contributed by atoms with van der Waals surface area (Å²) in [5.74, 6) is 0.324. The third-order valence-corrected chi connectivity index (χ3v) is 5.73. The van der Waals surface area contributed by atoms with E-state index in [0.717, 1.165) is 29.6 Å². The van der Waals surface area contributed by atoms with Crippen LogP contribution in [-0.2, 0) is 10.0 Å². The van der Waals surface area contributed by atoms with Crippen molar-refractivity contribution >= 4 is 21.1 Å². The van der Waals surface area contributed by atoms with E-state index in [-0.39, 0.29) is 11.7 Å².